The first-order chi connectivity index (χ1) is 14.0. The van der Waals surface area contributed by atoms with E-state index < -0.39 is 6.04 Å². The minimum atomic E-state index is -0.659. The van der Waals surface area contributed by atoms with Crippen LogP contribution in [0.3, 0.4) is 0 Å². The first kappa shape index (κ1) is 22.9. The number of carbonyl (C=O) groups excluding carboxylic acids is 2. The Morgan fingerprint density at radius 3 is 2.48 bits per heavy atom. The summed E-state index contributed by atoms with van der Waals surface area (Å²) >= 11 is 1.67. The molecule has 1 atom stereocenters. The maximum absolute atomic E-state index is 14.1. The Labute approximate surface area is 176 Å². The van der Waals surface area contributed by atoms with Crippen LogP contribution in [0.15, 0.2) is 54.6 Å². The van der Waals surface area contributed by atoms with Gasteiger partial charge >= 0.3 is 0 Å². The van der Waals surface area contributed by atoms with Gasteiger partial charge in [-0.2, -0.15) is 11.8 Å². The topological polar surface area (TPSA) is 49.4 Å². The zero-order valence-corrected chi connectivity index (χ0v) is 17.9. The summed E-state index contributed by atoms with van der Waals surface area (Å²) in [5.41, 5.74) is 1.62. The molecular weight excluding hydrogens is 387 g/mol. The van der Waals surface area contributed by atoms with Crippen LogP contribution in [-0.4, -0.2) is 35.1 Å². The van der Waals surface area contributed by atoms with Crippen molar-refractivity contribution >= 4 is 23.6 Å². The molecule has 6 heteroatoms. The van der Waals surface area contributed by atoms with Crippen LogP contribution in [0.4, 0.5) is 4.39 Å². The highest BCUT2D eigenvalue weighted by Crippen LogP contribution is 2.17. The molecule has 0 radical (unpaired) electrons. The fraction of sp³-hybridized carbons (Fsp3) is 0.391. The SMILES string of the molecule is CCCNC(=O)[C@@H](C)N(Cc1ccccc1F)C(=O)CCSCc1ccccc1. The molecule has 156 valence electrons. The van der Waals surface area contributed by atoms with Crippen molar-refractivity contribution in [1.29, 1.82) is 0 Å². The monoisotopic (exact) mass is 416 g/mol. The summed E-state index contributed by atoms with van der Waals surface area (Å²) in [6, 6.07) is 15.8. The summed E-state index contributed by atoms with van der Waals surface area (Å²) in [6.07, 6.45) is 1.12. The van der Waals surface area contributed by atoms with E-state index in [0.717, 1.165) is 12.2 Å². The highest BCUT2D eigenvalue weighted by Gasteiger charge is 2.26. The molecule has 0 spiro atoms. The predicted molar refractivity (Wildman–Crippen MR) is 117 cm³/mol. The molecular formula is C23H29FN2O2S. The maximum Gasteiger partial charge on any atom is 0.242 e. The first-order valence-corrected chi connectivity index (χ1v) is 11.1. The fourth-order valence-corrected chi connectivity index (χ4v) is 3.75. The second kappa shape index (κ2) is 12.3. The molecule has 2 aromatic carbocycles. The van der Waals surface area contributed by atoms with E-state index in [1.54, 1.807) is 36.9 Å². The number of benzene rings is 2. The highest BCUT2D eigenvalue weighted by molar-refractivity contribution is 7.98. The lowest BCUT2D eigenvalue weighted by atomic mass is 10.1. The van der Waals surface area contributed by atoms with Crippen molar-refractivity contribution in [1.82, 2.24) is 10.2 Å². The van der Waals surface area contributed by atoms with Crippen molar-refractivity contribution in [3.8, 4) is 0 Å². The smallest absolute Gasteiger partial charge is 0.242 e. The van der Waals surface area contributed by atoms with Gasteiger partial charge in [0.1, 0.15) is 11.9 Å². The largest absolute Gasteiger partial charge is 0.354 e. The Kier molecular flexibility index (Phi) is 9.71. The summed E-state index contributed by atoms with van der Waals surface area (Å²) in [4.78, 5) is 26.8. The summed E-state index contributed by atoms with van der Waals surface area (Å²) in [5, 5.41) is 2.82. The lowest BCUT2D eigenvalue weighted by molar-refractivity contribution is -0.140. The van der Waals surface area contributed by atoms with Crippen LogP contribution in [-0.2, 0) is 21.9 Å². The molecule has 0 aliphatic heterocycles. The second-order valence-corrected chi connectivity index (χ2v) is 7.97. The van der Waals surface area contributed by atoms with Gasteiger partial charge in [-0.1, -0.05) is 55.5 Å². The average molecular weight is 417 g/mol. The molecule has 0 aliphatic rings. The number of rotatable bonds is 11. The molecule has 0 heterocycles. The van der Waals surface area contributed by atoms with Gasteiger partial charge in [0.2, 0.25) is 11.8 Å². The third-order valence-corrected chi connectivity index (χ3v) is 5.62. The van der Waals surface area contributed by atoms with Gasteiger partial charge in [0, 0.05) is 36.6 Å². The summed E-state index contributed by atoms with van der Waals surface area (Å²) in [7, 11) is 0. The van der Waals surface area contributed by atoms with Crippen LogP contribution in [0.1, 0.15) is 37.8 Å². The second-order valence-electron chi connectivity index (χ2n) is 6.87. The molecule has 1 N–H and O–H groups in total. The quantitative estimate of drug-likeness (QED) is 0.553. The van der Waals surface area contributed by atoms with E-state index in [1.807, 2.05) is 25.1 Å². The average Bonchev–Trinajstić information content (AvgIpc) is 2.74. The van der Waals surface area contributed by atoms with E-state index in [-0.39, 0.29) is 24.2 Å². The summed E-state index contributed by atoms with van der Waals surface area (Å²) in [5.74, 6) is 0.741. The third kappa shape index (κ3) is 7.54. The minimum absolute atomic E-state index is 0.0789. The number of hydrogen-bond acceptors (Lipinski definition) is 3. The van der Waals surface area contributed by atoms with Crippen LogP contribution in [0.5, 0.6) is 0 Å². The molecule has 2 amide bonds. The van der Waals surface area contributed by atoms with Crippen molar-refractivity contribution < 1.29 is 14.0 Å². The summed E-state index contributed by atoms with van der Waals surface area (Å²) < 4.78 is 14.1. The molecule has 0 aromatic heterocycles. The standard InChI is InChI=1S/C23H29FN2O2S/c1-3-14-25-23(28)18(2)26(16-20-11-7-8-12-21(20)24)22(27)13-15-29-17-19-9-5-4-6-10-19/h4-12,18H,3,13-17H2,1-2H3,(H,25,28)/t18-/m1/s1. The van der Waals surface area contributed by atoms with Gasteiger partial charge in [-0.05, 0) is 25.0 Å². The summed E-state index contributed by atoms with van der Waals surface area (Å²) in [6.45, 7) is 4.30. The van der Waals surface area contributed by atoms with Crippen molar-refractivity contribution in [2.45, 2.75) is 45.0 Å². The van der Waals surface area contributed by atoms with Crippen molar-refractivity contribution in [3.63, 3.8) is 0 Å². The number of hydrogen-bond donors (Lipinski definition) is 1. The van der Waals surface area contributed by atoms with E-state index >= 15 is 0 Å². The highest BCUT2D eigenvalue weighted by atomic mass is 32.2. The lowest BCUT2D eigenvalue weighted by Gasteiger charge is -2.29. The molecule has 0 bridgehead atoms. The predicted octanol–water partition coefficient (Wildman–Crippen LogP) is 4.39. The van der Waals surface area contributed by atoms with Crippen LogP contribution in [0.25, 0.3) is 0 Å². The Bertz CT molecular complexity index is 785. The van der Waals surface area contributed by atoms with Gasteiger partial charge < -0.3 is 10.2 Å². The fourth-order valence-electron chi connectivity index (χ4n) is 2.86. The van der Waals surface area contributed by atoms with E-state index in [0.29, 0.717) is 24.3 Å². The zero-order chi connectivity index (χ0) is 21.1. The van der Waals surface area contributed by atoms with Crippen LogP contribution < -0.4 is 5.32 Å². The van der Waals surface area contributed by atoms with Crippen LogP contribution >= 0.6 is 11.8 Å². The molecule has 2 rings (SSSR count). The Balaban J connectivity index is 1.99. The molecule has 29 heavy (non-hydrogen) atoms. The molecule has 2 aromatic rings. The Morgan fingerprint density at radius 2 is 1.79 bits per heavy atom. The van der Waals surface area contributed by atoms with Crippen LogP contribution in [0.2, 0.25) is 0 Å². The number of nitrogens with zero attached hydrogens (tertiary/aromatic N) is 1. The number of carbonyl (C=O) groups is 2. The molecule has 0 aliphatic carbocycles. The molecule has 4 nitrogen and oxygen atoms in total. The molecule has 0 fully saturated rings. The van der Waals surface area contributed by atoms with E-state index in [9.17, 15) is 14.0 Å². The van der Waals surface area contributed by atoms with Gasteiger partial charge in [0.15, 0.2) is 0 Å². The Morgan fingerprint density at radius 1 is 1.10 bits per heavy atom. The van der Waals surface area contributed by atoms with E-state index in [1.165, 1.54) is 16.5 Å². The minimum Gasteiger partial charge on any atom is -0.354 e. The van der Waals surface area contributed by atoms with Gasteiger partial charge in [-0.25, -0.2) is 4.39 Å². The van der Waals surface area contributed by atoms with Gasteiger partial charge in [0.25, 0.3) is 0 Å². The first-order valence-electron chi connectivity index (χ1n) is 9.95. The van der Waals surface area contributed by atoms with Gasteiger partial charge in [-0.15, -0.1) is 0 Å². The third-order valence-electron chi connectivity index (χ3n) is 4.59. The maximum atomic E-state index is 14.1. The number of nitrogens with one attached hydrogen (secondary N) is 1. The van der Waals surface area contributed by atoms with Crippen LogP contribution in [0, 0.1) is 5.82 Å². The van der Waals surface area contributed by atoms with E-state index in [2.05, 4.69) is 17.4 Å². The normalized spacial score (nSPS) is 11.7. The van der Waals surface area contributed by atoms with E-state index in [4.69, 9.17) is 0 Å². The molecule has 0 unspecified atom stereocenters. The van der Waals surface area contributed by atoms with Gasteiger partial charge in [0.05, 0.1) is 0 Å². The lowest BCUT2D eigenvalue weighted by Crippen LogP contribution is -2.48. The number of amides is 2. The number of thioether (sulfide) groups is 1. The van der Waals surface area contributed by atoms with Crippen molar-refractivity contribution in [2.24, 2.45) is 0 Å². The van der Waals surface area contributed by atoms with Crippen molar-refractivity contribution in [3.05, 3.63) is 71.5 Å². The Hall–Kier alpha value is -2.34. The van der Waals surface area contributed by atoms with Gasteiger partial charge in [-0.3, -0.25) is 9.59 Å². The van der Waals surface area contributed by atoms with Crippen molar-refractivity contribution in [2.75, 3.05) is 12.3 Å². The molecule has 0 saturated carbocycles. The zero-order valence-electron chi connectivity index (χ0n) is 17.1. The molecule has 0 saturated heterocycles. The number of halogens is 1.